The molecule has 0 unspecified atom stereocenters. The molecule has 0 radical (unpaired) electrons. The molecule has 0 heterocycles. The minimum Gasteiger partial charge on any atom is -0.445 e. The second-order valence-corrected chi connectivity index (χ2v) is 16.7. The van der Waals surface area contributed by atoms with E-state index < -0.39 is 16.1 Å². The molecular weight excluding hydrogens is 530 g/mol. The molecule has 0 spiro atoms. The van der Waals surface area contributed by atoms with Crippen LogP contribution in [-0.2, 0) is 14.8 Å². The van der Waals surface area contributed by atoms with Gasteiger partial charge in [-0.1, -0.05) is 83.2 Å². The molecule has 5 nitrogen and oxygen atoms in total. The van der Waals surface area contributed by atoms with E-state index in [1.54, 1.807) is 12.1 Å². The molecule has 228 valence electrons. The van der Waals surface area contributed by atoms with Crippen molar-refractivity contribution in [3.05, 3.63) is 41.5 Å². The molecule has 4 aliphatic carbocycles. The van der Waals surface area contributed by atoms with Crippen LogP contribution in [0.2, 0.25) is 0 Å². The highest BCUT2D eigenvalue weighted by molar-refractivity contribution is 7.90. The summed E-state index contributed by atoms with van der Waals surface area (Å²) in [6, 6.07) is 6.46. The Labute approximate surface area is 249 Å². The van der Waals surface area contributed by atoms with Crippen LogP contribution >= 0.6 is 0 Å². The fourth-order valence-corrected chi connectivity index (χ4v) is 10.7. The van der Waals surface area contributed by atoms with Gasteiger partial charge < -0.3 is 4.74 Å². The van der Waals surface area contributed by atoms with Crippen molar-refractivity contribution < 1.29 is 17.9 Å². The number of rotatable bonds is 8. The summed E-state index contributed by atoms with van der Waals surface area (Å²) in [5.74, 6) is 4.76. The quantitative estimate of drug-likeness (QED) is 0.310. The van der Waals surface area contributed by atoms with E-state index in [1.165, 1.54) is 62.7 Å². The Hall–Kier alpha value is -1.82. The van der Waals surface area contributed by atoms with Crippen LogP contribution in [0.1, 0.15) is 111 Å². The zero-order valence-corrected chi connectivity index (χ0v) is 27.1. The molecule has 0 aliphatic heterocycles. The van der Waals surface area contributed by atoms with Gasteiger partial charge in [0.2, 0.25) is 0 Å². The molecule has 3 saturated carbocycles. The van der Waals surface area contributed by atoms with Crippen molar-refractivity contribution in [2.45, 2.75) is 123 Å². The van der Waals surface area contributed by atoms with Gasteiger partial charge in [0, 0.05) is 6.42 Å². The number of amides is 1. The predicted octanol–water partition coefficient (Wildman–Crippen LogP) is 8.82. The molecular formula is C35H53NO4S. The number of carbonyl (C=O) groups is 1. The van der Waals surface area contributed by atoms with E-state index in [2.05, 4.69) is 45.4 Å². The first kappa shape index (κ1) is 30.6. The smallest absolute Gasteiger partial charge is 0.421 e. The minimum atomic E-state index is -3.95. The van der Waals surface area contributed by atoms with Crippen LogP contribution in [-0.4, -0.2) is 20.6 Å². The van der Waals surface area contributed by atoms with Crippen molar-refractivity contribution in [1.29, 1.82) is 0 Å². The highest BCUT2D eigenvalue weighted by Gasteiger charge is 2.59. The van der Waals surface area contributed by atoms with Crippen LogP contribution < -0.4 is 4.72 Å². The highest BCUT2D eigenvalue weighted by atomic mass is 32.2. The first-order valence-electron chi connectivity index (χ1n) is 16.3. The van der Waals surface area contributed by atoms with Crippen LogP contribution in [0.25, 0.3) is 0 Å². The van der Waals surface area contributed by atoms with Gasteiger partial charge in [-0.3, -0.25) is 0 Å². The van der Waals surface area contributed by atoms with Crippen molar-refractivity contribution in [2.75, 3.05) is 0 Å². The molecule has 1 N–H and O–H groups in total. The van der Waals surface area contributed by atoms with Crippen molar-refractivity contribution >= 4 is 16.1 Å². The van der Waals surface area contributed by atoms with Gasteiger partial charge >= 0.3 is 6.09 Å². The Morgan fingerprint density at radius 1 is 1.00 bits per heavy atom. The van der Waals surface area contributed by atoms with Crippen LogP contribution in [0.4, 0.5) is 4.79 Å². The van der Waals surface area contributed by atoms with Crippen LogP contribution in [0.15, 0.2) is 40.8 Å². The largest absolute Gasteiger partial charge is 0.445 e. The summed E-state index contributed by atoms with van der Waals surface area (Å²) in [7, 11) is -3.95. The molecule has 8 atom stereocenters. The Morgan fingerprint density at radius 3 is 2.44 bits per heavy atom. The lowest BCUT2D eigenvalue weighted by Gasteiger charge is -2.58. The van der Waals surface area contributed by atoms with E-state index in [-0.39, 0.29) is 16.4 Å². The molecule has 1 aromatic carbocycles. The molecule has 4 aliphatic rings. The van der Waals surface area contributed by atoms with Gasteiger partial charge in [-0.05, 0) is 110 Å². The Bertz CT molecular complexity index is 1240. The SMILES string of the molecule is Cc1ccc(S(=O)(=O)NC(=O)O[C@H]2CC[C@@]3(C)C(=CC[C@@H]4[C@H]5CC[C@@H]([C@H](C)CCCC(C)C)[C@]5(C)CC[C@H]43)C2)cc1. The molecule has 5 rings (SSSR count). The Kier molecular flexibility index (Phi) is 8.74. The molecule has 0 bridgehead atoms. The van der Waals surface area contributed by atoms with E-state index in [0.717, 1.165) is 60.8 Å². The first-order chi connectivity index (χ1) is 19.3. The fraction of sp³-hybridized carbons (Fsp3) is 0.743. The highest BCUT2D eigenvalue weighted by Crippen LogP contribution is 2.67. The van der Waals surface area contributed by atoms with Crippen molar-refractivity contribution in [1.82, 2.24) is 4.72 Å². The second kappa shape index (κ2) is 11.7. The summed E-state index contributed by atoms with van der Waals surface area (Å²) in [5.41, 5.74) is 3.03. The number of hydrogen-bond acceptors (Lipinski definition) is 4. The average molecular weight is 584 g/mol. The van der Waals surface area contributed by atoms with Gasteiger partial charge in [0.1, 0.15) is 6.10 Å². The lowest BCUT2D eigenvalue weighted by Crippen LogP contribution is -2.51. The first-order valence-corrected chi connectivity index (χ1v) is 17.8. The number of ether oxygens (including phenoxy) is 1. The summed E-state index contributed by atoms with van der Waals surface area (Å²) in [6.45, 7) is 14.2. The van der Waals surface area contributed by atoms with Gasteiger partial charge in [0.25, 0.3) is 10.0 Å². The third kappa shape index (κ3) is 6.01. The van der Waals surface area contributed by atoms with Crippen LogP contribution in [0.5, 0.6) is 0 Å². The average Bonchev–Trinajstić information content (AvgIpc) is 3.26. The van der Waals surface area contributed by atoms with E-state index in [0.29, 0.717) is 11.3 Å². The number of aryl methyl sites for hydroxylation is 1. The number of fused-ring (bicyclic) bond motifs is 5. The van der Waals surface area contributed by atoms with Crippen molar-refractivity contribution in [3.63, 3.8) is 0 Å². The summed E-state index contributed by atoms with van der Waals surface area (Å²) >= 11 is 0. The summed E-state index contributed by atoms with van der Waals surface area (Å²) < 4.78 is 33.2. The van der Waals surface area contributed by atoms with E-state index >= 15 is 0 Å². The Balaban J connectivity index is 1.21. The lowest BCUT2D eigenvalue weighted by molar-refractivity contribution is -0.0579. The van der Waals surface area contributed by atoms with Crippen molar-refractivity contribution in [3.8, 4) is 0 Å². The maximum Gasteiger partial charge on any atom is 0.421 e. The van der Waals surface area contributed by atoms with Crippen LogP contribution in [0.3, 0.4) is 0 Å². The summed E-state index contributed by atoms with van der Waals surface area (Å²) in [6.07, 6.45) is 14.5. The molecule has 41 heavy (non-hydrogen) atoms. The van der Waals surface area contributed by atoms with Gasteiger partial charge in [-0.25, -0.2) is 17.9 Å². The number of allylic oxidation sites excluding steroid dienone is 1. The third-order valence-electron chi connectivity index (χ3n) is 12.1. The standard InChI is InChI=1S/C35H53NO4S/c1-23(2)8-7-9-25(4)30-16-17-31-29-15-12-26-22-27(18-20-34(26,5)32(29)19-21-35(30,31)6)40-33(37)36-41(38,39)28-13-10-24(3)11-14-28/h10-14,23,25,27,29-32H,7-9,15-22H2,1-6H3,(H,36,37)/t25-,27+,29-,30+,31-,32-,34+,35+/m1/s1. The normalized spacial score (nSPS) is 35.6. The number of nitrogens with one attached hydrogen (secondary N) is 1. The molecule has 3 fully saturated rings. The summed E-state index contributed by atoms with van der Waals surface area (Å²) in [5, 5.41) is 0. The maximum atomic E-state index is 12.7. The van der Waals surface area contributed by atoms with E-state index in [9.17, 15) is 13.2 Å². The number of hydrogen-bond donors (Lipinski definition) is 1. The molecule has 0 aromatic heterocycles. The fourth-order valence-electron chi connectivity index (χ4n) is 9.81. The lowest BCUT2D eigenvalue weighted by atomic mass is 9.47. The molecule has 0 saturated heterocycles. The van der Waals surface area contributed by atoms with Gasteiger partial charge in [0.05, 0.1) is 4.90 Å². The number of sulfonamides is 1. The number of carbonyl (C=O) groups excluding carboxylic acids is 1. The Morgan fingerprint density at radius 2 is 1.73 bits per heavy atom. The maximum absolute atomic E-state index is 12.7. The zero-order valence-electron chi connectivity index (χ0n) is 26.2. The monoisotopic (exact) mass is 583 g/mol. The predicted molar refractivity (Wildman–Crippen MR) is 165 cm³/mol. The molecule has 1 aromatic rings. The van der Waals surface area contributed by atoms with E-state index in [4.69, 9.17) is 4.74 Å². The number of benzene rings is 1. The zero-order chi connectivity index (χ0) is 29.6. The van der Waals surface area contributed by atoms with Gasteiger partial charge in [-0.15, -0.1) is 0 Å². The topological polar surface area (TPSA) is 72.5 Å². The van der Waals surface area contributed by atoms with Crippen molar-refractivity contribution in [2.24, 2.45) is 46.3 Å². The van der Waals surface area contributed by atoms with Crippen LogP contribution in [0, 0.1) is 53.3 Å². The van der Waals surface area contributed by atoms with E-state index in [1.807, 2.05) is 6.92 Å². The molecule has 6 heteroatoms. The summed E-state index contributed by atoms with van der Waals surface area (Å²) in [4.78, 5) is 12.7. The third-order valence-corrected chi connectivity index (χ3v) is 13.4. The second-order valence-electron chi connectivity index (χ2n) is 15.0. The molecule has 1 amide bonds. The minimum absolute atomic E-state index is 0.0701. The van der Waals surface area contributed by atoms with Gasteiger partial charge in [-0.2, -0.15) is 0 Å². The van der Waals surface area contributed by atoms with Gasteiger partial charge in [0.15, 0.2) is 0 Å².